The minimum Gasteiger partial charge on any atom is -0.492 e. The first-order valence-electron chi connectivity index (χ1n) is 7.33. The van der Waals surface area contributed by atoms with Crippen molar-refractivity contribution in [2.24, 2.45) is 5.73 Å². The minimum absolute atomic E-state index is 0.116. The van der Waals surface area contributed by atoms with Gasteiger partial charge >= 0.3 is 0 Å². The van der Waals surface area contributed by atoms with E-state index in [-0.39, 0.29) is 6.04 Å². The van der Waals surface area contributed by atoms with Gasteiger partial charge in [-0.3, -0.25) is 4.68 Å². The number of aromatic nitrogens is 2. The fraction of sp³-hybridized carbons (Fsp3) is 0.438. The van der Waals surface area contributed by atoms with Crippen LogP contribution in [0.2, 0.25) is 5.02 Å². The van der Waals surface area contributed by atoms with Gasteiger partial charge in [-0.2, -0.15) is 5.10 Å². The molecule has 0 aliphatic heterocycles. The first kappa shape index (κ1) is 15.9. The third kappa shape index (κ3) is 3.99. The van der Waals surface area contributed by atoms with Crippen LogP contribution in [-0.2, 0) is 19.4 Å². The Kier molecular flexibility index (Phi) is 5.65. The Hall–Kier alpha value is -1.52. The third-order valence-corrected chi connectivity index (χ3v) is 3.79. The SMILES string of the molecule is CCc1nn(CC)c(CC(N)COc2ccccc2)c1Cl. The second kappa shape index (κ2) is 7.48. The summed E-state index contributed by atoms with van der Waals surface area (Å²) in [6.07, 6.45) is 1.49. The molecule has 2 N–H and O–H groups in total. The van der Waals surface area contributed by atoms with Crippen molar-refractivity contribution in [2.45, 2.75) is 39.3 Å². The monoisotopic (exact) mass is 307 g/mol. The van der Waals surface area contributed by atoms with Gasteiger partial charge < -0.3 is 10.5 Å². The second-order valence-electron chi connectivity index (χ2n) is 4.96. The summed E-state index contributed by atoms with van der Waals surface area (Å²) >= 11 is 6.39. The average Bonchev–Trinajstić information content (AvgIpc) is 2.82. The van der Waals surface area contributed by atoms with Crippen LogP contribution in [0.5, 0.6) is 5.75 Å². The molecule has 1 aromatic carbocycles. The zero-order valence-electron chi connectivity index (χ0n) is 12.6. The number of hydrogen-bond acceptors (Lipinski definition) is 3. The molecular formula is C16H22ClN3O. The molecule has 2 aromatic rings. The van der Waals surface area contributed by atoms with E-state index in [0.717, 1.165) is 35.1 Å². The van der Waals surface area contributed by atoms with Crippen molar-refractivity contribution in [1.29, 1.82) is 0 Å². The van der Waals surface area contributed by atoms with Crippen molar-refractivity contribution < 1.29 is 4.74 Å². The second-order valence-corrected chi connectivity index (χ2v) is 5.34. The topological polar surface area (TPSA) is 53.1 Å². The lowest BCUT2D eigenvalue weighted by Gasteiger charge is -2.14. The predicted molar refractivity (Wildman–Crippen MR) is 85.9 cm³/mol. The highest BCUT2D eigenvalue weighted by Crippen LogP contribution is 2.22. The summed E-state index contributed by atoms with van der Waals surface area (Å²) in [5, 5.41) is 5.25. The molecule has 0 saturated heterocycles. The van der Waals surface area contributed by atoms with Gasteiger partial charge in [0.15, 0.2) is 0 Å². The maximum atomic E-state index is 6.39. The number of rotatable bonds is 7. The molecular weight excluding hydrogens is 286 g/mol. The molecule has 0 spiro atoms. The van der Waals surface area contributed by atoms with Crippen molar-refractivity contribution >= 4 is 11.6 Å². The Morgan fingerprint density at radius 2 is 2.00 bits per heavy atom. The Morgan fingerprint density at radius 3 is 2.62 bits per heavy atom. The van der Waals surface area contributed by atoms with Crippen LogP contribution < -0.4 is 10.5 Å². The smallest absolute Gasteiger partial charge is 0.119 e. The largest absolute Gasteiger partial charge is 0.492 e. The van der Waals surface area contributed by atoms with E-state index >= 15 is 0 Å². The Morgan fingerprint density at radius 1 is 1.29 bits per heavy atom. The molecule has 4 nitrogen and oxygen atoms in total. The van der Waals surface area contributed by atoms with Crippen LogP contribution in [0, 0.1) is 0 Å². The molecule has 0 amide bonds. The summed E-state index contributed by atoms with van der Waals surface area (Å²) in [5.41, 5.74) is 8.11. The Balaban J connectivity index is 1.99. The molecule has 1 aromatic heterocycles. The molecule has 1 atom stereocenters. The number of benzene rings is 1. The average molecular weight is 308 g/mol. The number of nitrogens with two attached hydrogens (primary N) is 1. The molecule has 0 fully saturated rings. The molecule has 21 heavy (non-hydrogen) atoms. The fourth-order valence-electron chi connectivity index (χ4n) is 2.24. The van der Waals surface area contributed by atoms with Crippen LogP contribution >= 0.6 is 11.6 Å². The van der Waals surface area contributed by atoms with Crippen LogP contribution in [-0.4, -0.2) is 22.4 Å². The molecule has 1 heterocycles. The van der Waals surface area contributed by atoms with Crippen molar-refractivity contribution in [3.05, 3.63) is 46.7 Å². The number of hydrogen-bond donors (Lipinski definition) is 1. The van der Waals surface area contributed by atoms with Crippen molar-refractivity contribution in [1.82, 2.24) is 9.78 Å². The van der Waals surface area contributed by atoms with Gasteiger partial charge in [-0.25, -0.2) is 0 Å². The summed E-state index contributed by atoms with van der Waals surface area (Å²) in [5.74, 6) is 0.831. The Bertz CT molecular complexity index is 568. The van der Waals surface area contributed by atoms with E-state index in [2.05, 4.69) is 18.9 Å². The molecule has 5 heteroatoms. The van der Waals surface area contributed by atoms with Gasteiger partial charge in [0.05, 0.1) is 16.4 Å². The van der Waals surface area contributed by atoms with Gasteiger partial charge in [-0.05, 0) is 25.5 Å². The van der Waals surface area contributed by atoms with E-state index in [1.165, 1.54) is 0 Å². The summed E-state index contributed by atoms with van der Waals surface area (Å²) in [6, 6.07) is 9.57. The van der Waals surface area contributed by atoms with Crippen molar-refractivity contribution in [3.8, 4) is 5.75 Å². The summed E-state index contributed by atoms with van der Waals surface area (Å²) in [6.45, 7) is 5.35. The quantitative estimate of drug-likeness (QED) is 0.855. The van der Waals surface area contributed by atoms with Crippen LogP contribution in [0.15, 0.2) is 30.3 Å². The van der Waals surface area contributed by atoms with E-state index in [1.54, 1.807) is 0 Å². The predicted octanol–water partition coefficient (Wildman–Crippen LogP) is 3.07. The number of aryl methyl sites for hydroxylation is 2. The van der Waals surface area contributed by atoms with Crippen LogP contribution in [0.1, 0.15) is 25.2 Å². The highest BCUT2D eigenvalue weighted by atomic mass is 35.5. The molecule has 0 saturated carbocycles. The van der Waals surface area contributed by atoms with E-state index in [0.29, 0.717) is 13.0 Å². The van der Waals surface area contributed by atoms with Crippen LogP contribution in [0.25, 0.3) is 0 Å². The van der Waals surface area contributed by atoms with Crippen LogP contribution in [0.4, 0.5) is 0 Å². The normalized spacial score (nSPS) is 12.4. The molecule has 0 aliphatic rings. The van der Waals surface area contributed by atoms with Gasteiger partial charge in [0.1, 0.15) is 12.4 Å². The summed E-state index contributed by atoms with van der Waals surface area (Å²) < 4.78 is 7.62. The maximum absolute atomic E-state index is 6.39. The first-order valence-corrected chi connectivity index (χ1v) is 7.71. The third-order valence-electron chi connectivity index (χ3n) is 3.36. The lowest BCUT2D eigenvalue weighted by Crippen LogP contribution is -2.31. The molecule has 0 aliphatic carbocycles. The van der Waals surface area contributed by atoms with Crippen molar-refractivity contribution in [3.63, 3.8) is 0 Å². The maximum Gasteiger partial charge on any atom is 0.119 e. The van der Waals surface area contributed by atoms with Gasteiger partial charge in [-0.1, -0.05) is 36.7 Å². The number of para-hydroxylation sites is 1. The standard InChI is InChI=1S/C16H22ClN3O/c1-3-14-16(17)15(20(4-2)19-14)10-12(18)11-21-13-8-6-5-7-9-13/h5-9,12H,3-4,10-11,18H2,1-2H3. The van der Waals surface area contributed by atoms with Gasteiger partial charge in [0, 0.05) is 19.0 Å². The first-order chi connectivity index (χ1) is 10.2. The van der Waals surface area contributed by atoms with Gasteiger partial charge in [0.25, 0.3) is 0 Å². The van der Waals surface area contributed by atoms with E-state index < -0.39 is 0 Å². The fourth-order valence-corrected chi connectivity index (χ4v) is 2.59. The Labute approximate surface area is 130 Å². The van der Waals surface area contributed by atoms with Crippen LogP contribution in [0.3, 0.4) is 0 Å². The summed E-state index contributed by atoms with van der Waals surface area (Å²) in [7, 11) is 0. The molecule has 0 bridgehead atoms. The van der Waals surface area contributed by atoms with E-state index in [1.807, 2.05) is 35.0 Å². The van der Waals surface area contributed by atoms with Gasteiger partial charge in [-0.15, -0.1) is 0 Å². The molecule has 114 valence electrons. The number of ether oxygens (including phenoxy) is 1. The zero-order valence-corrected chi connectivity index (χ0v) is 13.3. The highest BCUT2D eigenvalue weighted by molar-refractivity contribution is 6.31. The number of halogens is 1. The number of nitrogens with zero attached hydrogens (tertiary/aromatic N) is 2. The minimum atomic E-state index is -0.116. The summed E-state index contributed by atoms with van der Waals surface area (Å²) in [4.78, 5) is 0. The lowest BCUT2D eigenvalue weighted by atomic mass is 10.1. The van der Waals surface area contributed by atoms with Crippen molar-refractivity contribution in [2.75, 3.05) is 6.61 Å². The van der Waals surface area contributed by atoms with E-state index in [4.69, 9.17) is 22.1 Å². The highest BCUT2D eigenvalue weighted by Gasteiger charge is 2.17. The van der Waals surface area contributed by atoms with Gasteiger partial charge in [0.2, 0.25) is 0 Å². The molecule has 0 radical (unpaired) electrons. The lowest BCUT2D eigenvalue weighted by molar-refractivity contribution is 0.285. The molecule has 1 unspecified atom stereocenters. The zero-order chi connectivity index (χ0) is 15.2. The molecule has 2 rings (SSSR count). The van der Waals surface area contributed by atoms with E-state index in [9.17, 15) is 0 Å².